The van der Waals surface area contributed by atoms with Crippen molar-refractivity contribution >= 4 is 5.97 Å². The molecule has 4 atom stereocenters. The van der Waals surface area contributed by atoms with Gasteiger partial charge in [-0.1, -0.05) is 5.21 Å². The number of aromatic nitrogens is 3. The molecule has 0 spiro atoms. The van der Waals surface area contributed by atoms with Gasteiger partial charge in [0.25, 0.3) is 0 Å². The Balaban J connectivity index is 2.37. The van der Waals surface area contributed by atoms with Crippen LogP contribution < -0.4 is 0 Å². The summed E-state index contributed by atoms with van der Waals surface area (Å²) in [5.41, 5.74) is -0.251. The normalized spacial score (nSPS) is 29.1. The molecule has 0 unspecified atom stereocenters. The minimum Gasteiger partial charge on any atom is -0.464 e. The van der Waals surface area contributed by atoms with Crippen molar-refractivity contribution in [2.24, 2.45) is 0 Å². The molecule has 0 aromatic carbocycles. The first-order valence-electron chi connectivity index (χ1n) is 5.67. The van der Waals surface area contributed by atoms with Crippen molar-refractivity contribution in [3.63, 3.8) is 0 Å². The van der Waals surface area contributed by atoms with Crippen molar-refractivity contribution in [3.05, 3.63) is 11.4 Å². The van der Waals surface area contributed by atoms with Gasteiger partial charge in [0.1, 0.15) is 24.0 Å². The van der Waals surface area contributed by atoms with Crippen LogP contribution in [0.2, 0.25) is 0 Å². The lowest BCUT2D eigenvalue weighted by molar-refractivity contribution is -0.0597. The number of esters is 1. The second-order valence-corrected chi connectivity index (χ2v) is 4.10. The molecule has 1 aromatic heterocycles. The number of aliphatic hydroxyl groups is 3. The highest BCUT2D eigenvalue weighted by atomic mass is 16.6. The van der Waals surface area contributed by atoms with Crippen LogP contribution in [0.5, 0.6) is 0 Å². The molecule has 9 heteroatoms. The number of carbonyl (C=O) groups excluding carboxylic acids is 1. The van der Waals surface area contributed by atoms with Gasteiger partial charge in [-0.25, -0.2) is 9.48 Å². The summed E-state index contributed by atoms with van der Waals surface area (Å²) in [4.78, 5) is 11.5. The summed E-state index contributed by atoms with van der Waals surface area (Å²) in [6, 6.07) is 0. The number of terminal acetylenes is 1. The van der Waals surface area contributed by atoms with Crippen LogP contribution in [-0.4, -0.2) is 68.3 Å². The van der Waals surface area contributed by atoms with Crippen LogP contribution >= 0.6 is 0 Å². The molecule has 2 heterocycles. The molecule has 0 aliphatic carbocycles. The van der Waals surface area contributed by atoms with Gasteiger partial charge in [-0.3, -0.25) is 0 Å². The molecule has 3 N–H and O–H groups in total. The predicted octanol–water partition coefficient (Wildman–Crippen LogP) is -2.34. The summed E-state index contributed by atoms with van der Waals surface area (Å²) in [5.74, 6) is 1.42. The van der Waals surface area contributed by atoms with Crippen molar-refractivity contribution in [1.82, 2.24) is 15.0 Å². The minimum atomic E-state index is -1.37. The standard InChI is InChI=1S/C11H13N3O6/c1-3-5-7(11(18)19-2)12-13-14(5)10-9(17)8(16)6(4-15)20-10/h1,6,8-10,15-17H,4H2,2H3/t6-,8-,9-,10-/m1/s1. The fraction of sp³-hybridized carbons (Fsp3) is 0.545. The Morgan fingerprint density at radius 1 is 1.55 bits per heavy atom. The molecule has 108 valence electrons. The average molecular weight is 283 g/mol. The zero-order chi connectivity index (χ0) is 14.9. The van der Waals surface area contributed by atoms with Crippen LogP contribution in [-0.2, 0) is 9.47 Å². The number of hydrogen-bond donors (Lipinski definition) is 3. The number of carbonyl (C=O) groups is 1. The maximum absolute atomic E-state index is 11.5. The summed E-state index contributed by atoms with van der Waals surface area (Å²) < 4.78 is 10.8. The third-order valence-electron chi connectivity index (χ3n) is 2.97. The summed E-state index contributed by atoms with van der Waals surface area (Å²) in [7, 11) is 1.16. The number of hydrogen-bond acceptors (Lipinski definition) is 8. The Morgan fingerprint density at radius 3 is 2.75 bits per heavy atom. The Morgan fingerprint density at radius 2 is 2.25 bits per heavy atom. The molecule has 1 aromatic rings. The molecule has 1 saturated heterocycles. The average Bonchev–Trinajstić information content (AvgIpc) is 3.00. The van der Waals surface area contributed by atoms with Gasteiger partial charge in [-0.05, 0) is 5.92 Å². The van der Waals surface area contributed by atoms with Crippen LogP contribution in [0.3, 0.4) is 0 Å². The number of methoxy groups -OCH3 is 1. The number of ether oxygens (including phenoxy) is 2. The Kier molecular flexibility index (Phi) is 4.01. The van der Waals surface area contributed by atoms with E-state index in [0.29, 0.717) is 0 Å². The highest BCUT2D eigenvalue weighted by molar-refractivity contribution is 5.89. The Hall–Kier alpha value is -1.99. The van der Waals surface area contributed by atoms with E-state index in [1.54, 1.807) is 0 Å². The molecule has 0 radical (unpaired) electrons. The van der Waals surface area contributed by atoms with E-state index in [2.05, 4.69) is 21.0 Å². The van der Waals surface area contributed by atoms with Crippen LogP contribution in [0.15, 0.2) is 0 Å². The SMILES string of the molecule is C#Cc1c(C(=O)OC)nnn1[C@@H]1O[C@H](CO)[C@@H](O)[C@H]1O. The molecular formula is C11H13N3O6. The second kappa shape index (κ2) is 5.56. The molecule has 1 aliphatic rings. The lowest BCUT2D eigenvalue weighted by atomic mass is 10.1. The van der Waals surface area contributed by atoms with Crippen molar-refractivity contribution < 1.29 is 29.6 Å². The van der Waals surface area contributed by atoms with Gasteiger partial charge >= 0.3 is 5.97 Å². The predicted molar refractivity (Wildman–Crippen MR) is 62.3 cm³/mol. The summed E-state index contributed by atoms with van der Waals surface area (Å²) in [6.07, 6.45) is 0.488. The maximum atomic E-state index is 11.5. The molecule has 1 aliphatic heterocycles. The van der Waals surface area contributed by atoms with E-state index in [4.69, 9.17) is 16.3 Å². The first-order chi connectivity index (χ1) is 9.54. The highest BCUT2D eigenvalue weighted by Crippen LogP contribution is 2.29. The van der Waals surface area contributed by atoms with Gasteiger partial charge in [0.15, 0.2) is 6.23 Å². The molecule has 0 amide bonds. The Labute approximate surface area is 113 Å². The largest absolute Gasteiger partial charge is 0.464 e. The maximum Gasteiger partial charge on any atom is 0.361 e. The smallest absolute Gasteiger partial charge is 0.361 e. The molecule has 0 saturated carbocycles. The zero-order valence-electron chi connectivity index (χ0n) is 10.5. The third-order valence-corrected chi connectivity index (χ3v) is 2.97. The minimum absolute atomic E-state index is 0.0494. The van der Waals surface area contributed by atoms with E-state index in [1.807, 2.05) is 0 Å². The van der Waals surface area contributed by atoms with E-state index in [-0.39, 0.29) is 11.4 Å². The van der Waals surface area contributed by atoms with E-state index in [1.165, 1.54) is 0 Å². The van der Waals surface area contributed by atoms with Gasteiger partial charge < -0.3 is 24.8 Å². The van der Waals surface area contributed by atoms with Gasteiger partial charge in [0.05, 0.1) is 13.7 Å². The monoisotopic (exact) mass is 283 g/mol. The van der Waals surface area contributed by atoms with Crippen LogP contribution in [0, 0.1) is 12.3 Å². The number of nitrogens with zero attached hydrogens (tertiary/aromatic N) is 3. The van der Waals surface area contributed by atoms with Crippen LogP contribution in [0.1, 0.15) is 22.4 Å². The summed E-state index contributed by atoms with van der Waals surface area (Å²) in [6.45, 7) is -0.487. The molecule has 20 heavy (non-hydrogen) atoms. The fourth-order valence-corrected chi connectivity index (χ4v) is 1.92. The van der Waals surface area contributed by atoms with Crippen molar-refractivity contribution in [3.8, 4) is 12.3 Å². The van der Waals surface area contributed by atoms with Crippen LogP contribution in [0.25, 0.3) is 0 Å². The second-order valence-electron chi connectivity index (χ2n) is 4.10. The Bertz CT molecular complexity index is 551. The first kappa shape index (κ1) is 14.4. The molecule has 0 bridgehead atoms. The van der Waals surface area contributed by atoms with Crippen molar-refractivity contribution in [2.45, 2.75) is 24.5 Å². The lowest BCUT2D eigenvalue weighted by Crippen LogP contribution is -2.33. The summed E-state index contributed by atoms with van der Waals surface area (Å²) in [5, 5.41) is 35.8. The molecular weight excluding hydrogens is 270 g/mol. The molecule has 2 rings (SSSR count). The van der Waals surface area contributed by atoms with E-state index < -0.39 is 37.1 Å². The lowest BCUT2D eigenvalue weighted by Gasteiger charge is -2.15. The van der Waals surface area contributed by atoms with Crippen molar-refractivity contribution in [2.75, 3.05) is 13.7 Å². The highest BCUT2D eigenvalue weighted by Gasteiger charge is 2.45. The molecule has 9 nitrogen and oxygen atoms in total. The number of rotatable bonds is 3. The van der Waals surface area contributed by atoms with Gasteiger partial charge in [-0.15, -0.1) is 11.5 Å². The third kappa shape index (κ3) is 2.14. The zero-order valence-corrected chi connectivity index (χ0v) is 10.5. The van der Waals surface area contributed by atoms with Crippen LogP contribution in [0.4, 0.5) is 0 Å². The van der Waals surface area contributed by atoms with E-state index in [0.717, 1.165) is 11.8 Å². The quantitative estimate of drug-likeness (QED) is 0.416. The van der Waals surface area contributed by atoms with Crippen molar-refractivity contribution in [1.29, 1.82) is 0 Å². The fourth-order valence-electron chi connectivity index (χ4n) is 1.92. The van der Waals surface area contributed by atoms with Gasteiger partial charge in [0, 0.05) is 0 Å². The molecule has 1 fully saturated rings. The van der Waals surface area contributed by atoms with Gasteiger partial charge in [-0.2, -0.15) is 0 Å². The van der Waals surface area contributed by atoms with E-state index >= 15 is 0 Å². The topological polar surface area (TPSA) is 127 Å². The number of aliphatic hydroxyl groups excluding tert-OH is 3. The first-order valence-corrected chi connectivity index (χ1v) is 5.67. The summed E-state index contributed by atoms with van der Waals surface area (Å²) >= 11 is 0. The van der Waals surface area contributed by atoms with Gasteiger partial charge in [0.2, 0.25) is 5.69 Å². The van der Waals surface area contributed by atoms with E-state index in [9.17, 15) is 15.0 Å².